The standard InChI is InChI=1S/C31H20BrN3/c32-28-26-17-8-7-10-21(26)18-19-27(28)24-15-9-16-25(20-24)31-34-29(22-11-3-1-4-12-22)33-30(35-31)23-13-5-2-6-14-23/h1-20H. The molecule has 4 heteroatoms. The van der Waals surface area contributed by atoms with Gasteiger partial charge in [-0.3, -0.25) is 0 Å². The summed E-state index contributed by atoms with van der Waals surface area (Å²) in [6, 6.07) is 41.2. The average molecular weight is 514 g/mol. The van der Waals surface area contributed by atoms with Crippen LogP contribution < -0.4 is 0 Å². The van der Waals surface area contributed by atoms with Crippen LogP contribution in [0.1, 0.15) is 0 Å². The van der Waals surface area contributed by atoms with Crippen LogP contribution in [0.2, 0.25) is 0 Å². The van der Waals surface area contributed by atoms with Gasteiger partial charge in [-0.25, -0.2) is 15.0 Å². The zero-order valence-electron chi connectivity index (χ0n) is 18.8. The number of nitrogens with zero attached hydrogens (tertiary/aromatic N) is 3. The van der Waals surface area contributed by atoms with Crippen molar-refractivity contribution < 1.29 is 0 Å². The summed E-state index contributed by atoms with van der Waals surface area (Å²) < 4.78 is 1.08. The number of aromatic nitrogens is 3. The van der Waals surface area contributed by atoms with E-state index in [1.165, 1.54) is 10.8 Å². The molecular weight excluding hydrogens is 494 g/mol. The highest BCUT2D eigenvalue weighted by atomic mass is 79.9. The smallest absolute Gasteiger partial charge is 0.164 e. The number of hydrogen-bond donors (Lipinski definition) is 0. The van der Waals surface area contributed by atoms with Crippen LogP contribution in [0.15, 0.2) is 126 Å². The van der Waals surface area contributed by atoms with Crippen LogP contribution in [0.3, 0.4) is 0 Å². The molecule has 35 heavy (non-hydrogen) atoms. The zero-order chi connectivity index (χ0) is 23.6. The van der Waals surface area contributed by atoms with Crippen molar-refractivity contribution in [2.24, 2.45) is 0 Å². The Balaban J connectivity index is 1.50. The Labute approximate surface area is 212 Å². The van der Waals surface area contributed by atoms with Crippen molar-refractivity contribution in [3.8, 4) is 45.3 Å². The molecule has 3 nitrogen and oxygen atoms in total. The van der Waals surface area contributed by atoms with Gasteiger partial charge in [-0.1, -0.05) is 115 Å². The quantitative estimate of drug-likeness (QED) is 0.237. The van der Waals surface area contributed by atoms with Crippen molar-refractivity contribution in [1.29, 1.82) is 0 Å². The van der Waals surface area contributed by atoms with Crippen molar-refractivity contribution >= 4 is 26.7 Å². The second kappa shape index (κ2) is 9.24. The molecule has 0 fully saturated rings. The molecule has 0 unspecified atom stereocenters. The molecule has 0 aliphatic carbocycles. The zero-order valence-corrected chi connectivity index (χ0v) is 20.4. The van der Waals surface area contributed by atoms with Crippen molar-refractivity contribution in [2.45, 2.75) is 0 Å². The molecule has 1 heterocycles. The van der Waals surface area contributed by atoms with Crippen LogP contribution >= 0.6 is 15.9 Å². The van der Waals surface area contributed by atoms with Crippen molar-refractivity contribution in [2.75, 3.05) is 0 Å². The maximum absolute atomic E-state index is 4.87. The minimum Gasteiger partial charge on any atom is -0.208 e. The topological polar surface area (TPSA) is 38.7 Å². The minimum atomic E-state index is 0.650. The fraction of sp³-hybridized carbons (Fsp3) is 0. The molecule has 0 spiro atoms. The predicted octanol–water partition coefficient (Wildman–Crippen LogP) is 8.46. The number of benzene rings is 5. The summed E-state index contributed by atoms with van der Waals surface area (Å²) in [6.07, 6.45) is 0. The van der Waals surface area contributed by atoms with Gasteiger partial charge in [0, 0.05) is 21.2 Å². The monoisotopic (exact) mass is 513 g/mol. The summed E-state index contributed by atoms with van der Waals surface area (Å²) in [7, 11) is 0. The fourth-order valence-electron chi connectivity index (χ4n) is 4.22. The molecular formula is C31H20BrN3. The summed E-state index contributed by atoms with van der Waals surface area (Å²) in [5.74, 6) is 1.97. The third-order valence-electron chi connectivity index (χ3n) is 5.99. The van der Waals surface area contributed by atoms with Gasteiger partial charge >= 0.3 is 0 Å². The van der Waals surface area contributed by atoms with E-state index < -0.39 is 0 Å². The van der Waals surface area contributed by atoms with Gasteiger partial charge in [0.05, 0.1) is 0 Å². The normalized spacial score (nSPS) is 11.0. The minimum absolute atomic E-state index is 0.650. The molecule has 0 amide bonds. The molecule has 0 aliphatic heterocycles. The molecule has 166 valence electrons. The average Bonchev–Trinajstić information content (AvgIpc) is 2.94. The first-order chi connectivity index (χ1) is 17.3. The largest absolute Gasteiger partial charge is 0.208 e. The van der Waals surface area contributed by atoms with Crippen molar-refractivity contribution in [3.63, 3.8) is 0 Å². The van der Waals surface area contributed by atoms with Crippen LogP contribution in [0, 0.1) is 0 Å². The van der Waals surface area contributed by atoms with Gasteiger partial charge < -0.3 is 0 Å². The first-order valence-corrected chi connectivity index (χ1v) is 12.2. The third kappa shape index (κ3) is 4.25. The molecule has 5 aromatic carbocycles. The molecule has 0 N–H and O–H groups in total. The first-order valence-electron chi connectivity index (χ1n) is 11.4. The highest BCUT2D eigenvalue weighted by Gasteiger charge is 2.14. The molecule has 1 aromatic heterocycles. The van der Waals surface area contributed by atoms with Crippen molar-refractivity contribution in [1.82, 2.24) is 15.0 Å². The van der Waals surface area contributed by atoms with Gasteiger partial charge in [0.25, 0.3) is 0 Å². The third-order valence-corrected chi connectivity index (χ3v) is 6.85. The van der Waals surface area contributed by atoms with Crippen LogP contribution in [-0.4, -0.2) is 15.0 Å². The molecule has 0 bridgehead atoms. The summed E-state index contributed by atoms with van der Waals surface area (Å²) >= 11 is 3.84. The van der Waals surface area contributed by atoms with E-state index in [0.717, 1.165) is 32.3 Å². The van der Waals surface area contributed by atoms with Crippen LogP contribution in [-0.2, 0) is 0 Å². The Kier molecular flexibility index (Phi) is 5.65. The Hall–Kier alpha value is -4.15. The molecule has 0 saturated carbocycles. The van der Waals surface area contributed by atoms with E-state index in [-0.39, 0.29) is 0 Å². The molecule has 6 aromatic rings. The SMILES string of the molecule is Brc1c(-c2cccc(-c3nc(-c4ccccc4)nc(-c4ccccc4)n3)c2)ccc2ccccc12. The lowest BCUT2D eigenvalue weighted by Gasteiger charge is -2.11. The summed E-state index contributed by atoms with van der Waals surface area (Å²) in [5, 5.41) is 2.39. The summed E-state index contributed by atoms with van der Waals surface area (Å²) in [6.45, 7) is 0. The second-order valence-electron chi connectivity index (χ2n) is 8.27. The number of rotatable bonds is 4. The van der Waals surface area contributed by atoms with E-state index in [4.69, 9.17) is 15.0 Å². The van der Waals surface area contributed by atoms with Gasteiger partial charge in [0.15, 0.2) is 17.5 Å². The van der Waals surface area contributed by atoms with E-state index in [0.29, 0.717) is 17.5 Å². The summed E-state index contributed by atoms with van der Waals surface area (Å²) in [4.78, 5) is 14.5. The maximum atomic E-state index is 4.87. The van der Waals surface area contributed by atoms with Crippen molar-refractivity contribution in [3.05, 3.63) is 126 Å². The highest BCUT2D eigenvalue weighted by Crippen LogP contribution is 2.36. The van der Waals surface area contributed by atoms with Crippen LogP contribution in [0.5, 0.6) is 0 Å². The lowest BCUT2D eigenvalue weighted by Crippen LogP contribution is -2.00. The maximum Gasteiger partial charge on any atom is 0.164 e. The van der Waals surface area contributed by atoms with Gasteiger partial charge in [-0.05, 0) is 43.9 Å². The Morgan fingerprint density at radius 3 is 1.60 bits per heavy atom. The van der Waals surface area contributed by atoms with Gasteiger partial charge in [-0.15, -0.1) is 0 Å². The summed E-state index contributed by atoms with van der Waals surface area (Å²) in [5.41, 5.74) is 5.09. The van der Waals surface area contributed by atoms with Gasteiger partial charge in [0.2, 0.25) is 0 Å². The Morgan fingerprint density at radius 2 is 0.943 bits per heavy atom. The highest BCUT2D eigenvalue weighted by molar-refractivity contribution is 9.10. The van der Waals surface area contributed by atoms with E-state index in [1.54, 1.807) is 0 Å². The molecule has 0 aliphatic rings. The Bertz CT molecular complexity index is 1590. The van der Waals surface area contributed by atoms with Crippen LogP contribution in [0.25, 0.3) is 56.1 Å². The first kappa shape index (κ1) is 21.4. The van der Waals surface area contributed by atoms with E-state index >= 15 is 0 Å². The molecule has 6 rings (SSSR count). The molecule has 0 radical (unpaired) electrons. The lowest BCUT2D eigenvalue weighted by atomic mass is 9.99. The van der Waals surface area contributed by atoms with E-state index in [2.05, 4.69) is 76.6 Å². The van der Waals surface area contributed by atoms with Gasteiger partial charge in [-0.2, -0.15) is 0 Å². The number of hydrogen-bond acceptors (Lipinski definition) is 3. The molecule has 0 atom stereocenters. The lowest BCUT2D eigenvalue weighted by molar-refractivity contribution is 1.07. The molecule has 0 saturated heterocycles. The second-order valence-corrected chi connectivity index (χ2v) is 9.06. The Morgan fingerprint density at radius 1 is 0.429 bits per heavy atom. The van der Waals surface area contributed by atoms with E-state index in [1.807, 2.05) is 60.7 Å². The fourth-order valence-corrected chi connectivity index (χ4v) is 4.94. The van der Waals surface area contributed by atoms with Crippen LogP contribution in [0.4, 0.5) is 0 Å². The number of halogens is 1. The van der Waals surface area contributed by atoms with E-state index in [9.17, 15) is 0 Å². The van der Waals surface area contributed by atoms with Gasteiger partial charge in [0.1, 0.15) is 0 Å². The number of fused-ring (bicyclic) bond motifs is 1. The predicted molar refractivity (Wildman–Crippen MR) is 147 cm³/mol.